The van der Waals surface area contributed by atoms with Gasteiger partial charge in [-0.3, -0.25) is 4.79 Å². The first kappa shape index (κ1) is 12.0. The lowest BCUT2D eigenvalue weighted by Crippen LogP contribution is -2.21. The second-order valence-electron chi connectivity index (χ2n) is 4.93. The number of aromatic nitrogens is 1. The standard InChI is InChI=1S/C13H15NO2S/c1-8-10-5-4-9(6-11(10)17-14-8)13(2,3)7-12(15)16/h4-6H,7H2,1-3H3,(H,15,16). The van der Waals surface area contributed by atoms with Crippen LogP contribution in [0.4, 0.5) is 0 Å². The van der Waals surface area contributed by atoms with Crippen molar-refractivity contribution >= 4 is 27.6 Å². The highest BCUT2D eigenvalue weighted by atomic mass is 32.1. The van der Waals surface area contributed by atoms with Crippen LogP contribution in [0, 0.1) is 6.92 Å². The minimum absolute atomic E-state index is 0.135. The highest BCUT2D eigenvalue weighted by Crippen LogP contribution is 2.31. The van der Waals surface area contributed by atoms with Gasteiger partial charge < -0.3 is 5.11 Å². The van der Waals surface area contributed by atoms with Crippen molar-refractivity contribution in [3.05, 3.63) is 29.5 Å². The van der Waals surface area contributed by atoms with Crippen molar-refractivity contribution in [1.29, 1.82) is 0 Å². The summed E-state index contributed by atoms with van der Waals surface area (Å²) in [5.74, 6) is -0.768. The second-order valence-corrected chi connectivity index (χ2v) is 5.74. The van der Waals surface area contributed by atoms with Gasteiger partial charge in [0.25, 0.3) is 0 Å². The molecule has 0 atom stereocenters. The Morgan fingerprint density at radius 3 is 2.82 bits per heavy atom. The molecule has 4 heteroatoms. The molecule has 0 unspecified atom stereocenters. The van der Waals surface area contributed by atoms with E-state index in [1.54, 1.807) is 0 Å². The fourth-order valence-corrected chi connectivity index (χ4v) is 2.79. The van der Waals surface area contributed by atoms with Crippen LogP contribution in [0.1, 0.15) is 31.5 Å². The average Bonchev–Trinajstić information content (AvgIpc) is 2.58. The van der Waals surface area contributed by atoms with Crippen molar-refractivity contribution < 1.29 is 9.90 Å². The molecule has 2 rings (SSSR count). The molecule has 0 radical (unpaired) electrons. The number of fused-ring (bicyclic) bond motifs is 1. The molecule has 3 nitrogen and oxygen atoms in total. The molecular weight excluding hydrogens is 234 g/mol. The van der Waals surface area contributed by atoms with Gasteiger partial charge in [0, 0.05) is 10.8 Å². The number of hydrogen-bond acceptors (Lipinski definition) is 3. The molecular formula is C13H15NO2S. The zero-order valence-electron chi connectivity index (χ0n) is 10.2. The van der Waals surface area contributed by atoms with E-state index in [-0.39, 0.29) is 11.8 Å². The largest absolute Gasteiger partial charge is 0.481 e. The molecule has 1 aromatic heterocycles. The second kappa shape index (κ2) is 4.11. The van der Waals surface area contributed by atoms with Crippen LogP contribution in [0.25, 0.3) is 10.1 Å². The molecule has 0 spiro atoms. The number of benzene rings is 1. The Kier molecular flexibility index (Phi) is 2.91. The summed E-state index contributed by atoms with van der Waals surface area (Å²) in [5.41, 5.74) is 1.74. The van der Waals surface area contributed by atoms with Gasteiger partial charge >= 0.3 is 5.97 Å². The van der Waals surface area contributed by atoms with E-state index in [1.807, 2.05) is 32.9 Å². The third kappa shape index (κ3) is 2.31. The fraction of sp³-hybridized carbons (Fsp3) is 0.385. The molecule has 0 amide bonds. The van der Waals surface area contributed by atoms with Gasteiger partial charge in [-0.1, -0.05) is 26.0 Å². The first-order chi connectivity index (χ1) is 7.90. The van der Waals surface area contributed by atoms with Crippen molar-refractivity contribution in [1.82, 2.24) is 4.37 Å². The summed E-state index contributed by atoms with van der Waals surface area (Å²) in [7, 11) is 0. The van der Waals surface area contributed by atoms with Crippen molar-refractivity contribution in [3.8, 4) is 0 Å². The number of carboxylic acids is 1. The van der Waals surface area contributed by atoms with E-state index in [4.69, 9.17) is 5.11 Å². The molecule has 0 saturated carbocycles. The molecule has 90 valence electrons. The third-order valence-electron chi connectivity index (χ3n) is 3.03. The summed E-state index contributed by atoms with van der Waals surface area (Å²) in [6.45, 7) is 5.90. The molecule has 0 bridgehead atoms. The summed E-state index contributed by atoms with van der Waals surface area (Å²) in [4.78, 5) is 10.8. The number of aryl methyl sites for hydroxylation is 1. The van der Waals surface area contributed by atoms with Crippen molar-refractivity contribution in [3.63, 3.8) is 0 Å². The normalized spacial score (nSPS) is 11.9. The van der Waals surface area contributed by atoms with Crippen LogP contribution in [0.5, 0.6) is 0 Å². The lowest BCUT2D eigenvalue weighted by Gasteiger charge is -2.23. The number of carbonyl (C=O) groups is 1. The van der Waals surface area contributed by atoms with Crippen LogP contribution < -0.4 is 0 Å². The SMILES string of the molecule is Cc1nsc2cc(C(C)(C)CC(=O)O)ccc12. The number of carboxylic acid groups (broad SMARTS) is 1. The van der Waals surface area contributed by atoms with Crippen molar-refractivity contribution in [2.24, 2.45) is 0 Å². The van der Waals surface area contributed by atoms with Gasteiger partial charge in [0.05, 0.1) is 16.8 Å². The number of nitrogens with zero attached hydrogens (tertiary/aromatic N) is 1. The van der Waals surface area contributed by atoms with Crippen LogP contribution in [0.2, 0.25) is 0 Å². The van der Waals surface area contributed by atoms with Crippen molar-refractivity contribution in [2.75, 3.05) is 0 Å². The Balaban J connectivity index is 2.45. The maximum absolute atomic E-state index is 10.8. The van der Waals surface area contributed by atoms with Crippen LogP contribution in [-0.2, 0) is 10.2 Å². The van der Waals surface area contributed by atoms with Gasteiger partial charge in [0.15, 0.2) is 0 Å². The third-order valence-corrected chi connectivity index (χ3v) is 3.93. The summed E-state index contributed by atoms with van der Waals surface area (Å²) >= 11 is 1.47. The quantitative estimate of drug-likeness (QED) is 0.907. The highest BCUT2D eigenvalue weighted by Gasteiger charge is 2.24. The topological polar surface area (TPSA) is 50.2 Å². The summed E-state index contributed by atoms with van der Waals surface area (Å²) in [5, 5.41) is 10.1. The first-order valence-electron chi connectivity index (χ1n) is 5.48. The van der Waals surface area contributed by atoms with Crippen LogP contribution in [0.15, 0.2) is 18.2 Å². The lowest BCUT2D eigenvalue weighted by atomic mass is 9.81. The molecule has 1 N–H and O–H groups in total. The van der Waals surface area contributed by atoms with E-state index in [1.165, 1.54) is 11.5 Å². The van der Waals surface area contributed by atoms with Crippen LogP contribution in [-0.4, -0.2) is 15.4 Å². The van der Waals surface area contributed by atoms with Gasteiger partial charge in [-0.2, -0.15) is 4.37 Å². The molecule has 1 heterocycles. The lowest BCUT2D eigenvalue weighted by molar-refractivity contribution is -0.138. The maximum atomic E-state index is 10.8. The highest BCUT2D eigenvalue weighted by molar-refractivity contribution is 7.13. The average molecular weight is 249 g/mol. The minimum Gasteiger partial charge on any atom is -0.481 e. The number of rotatable bonds is 3. The van der Waals surface area contributed by atoms with Crippen molar-refractivity contribution in [2.45, 2.75) is 32.6 Å². The van der Waals surface area contributed by atoms with Crippen LogP contribution in [0.3, 0.4) is 0 Å². The Hall–Kier alpha value is -1.42. The van der Waals surface area contributed by atoms with Gasteiger partial charge in [-0.05, 0) is 30.1 Å². The van der Waals surface area contributed by atoms with E-state index in [9.17, 15) is 4.79 Å². The van der Waals surface area contributed by atoms with Gasteiger partial charge in [-0.25, -0.2) is 0 Å². The smallest absolute Gasteiger partial charge is 0.304 e. The molecule has 17 heavy (non-hydrogen) atoms. The zero-order valence-corrected chi connectivity index (χ0v) is 11.0. The Bertz CT molecular complexity index is 572. The zero-order chi connectivity index (χ0) is 12.6. The molecule has 2 aromatic rings. The summed E-state index contributed by atoms with van der Waals surface area (Å²) < 4.78 is 5.43. The monoisotopic (exact) mass is 249 g/mol. The molecule has 0 aliphatic rings. The molecule has 0 fully saturated rings. The van der Waals surface area contributed by atoms with E-state index >= 15 is 0 Å². The van der Waals surface area contributed by atoms with E-state index in [0.29, 0.717) is 0 Å². The molecule has 1 aromatic carbocycles. The maximum Gasteiger partial charge on any atom is 0.304 e. The predicted octanol–water partition coefficient (Wildman–Crippen LogP) is 3.36. The molecule has 0 aliphatic carbocycles. The van der Waals surface area contributed by atoms with E-state index in [2.05, 4.69) is 10.4 Å². The first-order valence-corrected chi connectivity index (χ1v) is 6.26. The Morgan fingerprint density at radius 1 is 1.47 bits per heavy atom. The molecule has 0 aliphatic heterocycles. The summed E-state index contributed by atoms with van der Waals surface area (Å²) in [6.07, 6.45) is 0.135. The van der Waals surface area contributed by atoms with E-state index < -0.39 is 5.97 Å². The summed E-state index contributed by atoms with van der Waals surface area (Å²) in [6, 6.07) is 6.10. The predicted molar refractivity (Wildman–Crippen MR) is 69.6 cm³/mol. The Morgan fingerprint density at radius 2 is 2.18 bits per heavy atom. The van der Waals surface area contributed by atoms with E-state index in [0.717, 1.165) is 21.3 Å². The Labute approximate surface area is 104 Å². The number of aliphatic carboxylic acids is 1. The fourth-order valence-electron chi connectivity index (χ4n) is 1.96. The van der Waals surface area contributed by atoms with Gasteiger partial charge in [0.1, 0.15) is 0 Å². The van der Waals surface area contributed by atoms with Crippen LogP contribution >= 0.6 is 11.5 Å². The molecule has 0 saturated heterocycles. The van der Waals surface area contributed by atoms with Gasteiger partial charge in [-0.15, -0.1) is 0 Å². The van der Waals surface area contributed by atoms with Gasteiger partial charge in [0.2, 0.25) is 0 Å². The number of hydrogen-bond donors (Lipinski definition) is 1. The minimum atomic E-state index is -0.768.